The number of rotatable bonds is 5. The summed E-state index contributed by atoms with van der Waals surface area (Å²) >= 11 is 0. The molecular formula is C10H11BF3KN4O. The van der Waals surface area contributed by atoms with Gasteiger partial charge in [0.05, 0.1) is 6.20 Å². The molecule has 0 spiro atoms. The zero-order chi connectivity index (χ0) is 13.9. The molecule has 0 unspecified atom stereocenters. The van der Waals surface area contributed by atoms with Crippen molar-refractivity contribution in [3.8, 4) is 5.75 Å². The Morgan fingerprint density at radius 3 is 2.70 bits per heavy atom. The van der Waals surface area contributed by atoms with Crippen molar-refractivity contribution in [3.63, 3.8) is 0 Å². The molecule has 20 heavy (non-hydrogen) atoms. The number of nitrogens with zero attached hydrogens (tertiary/aromatic N) is 4. The molecule has 0 aliphatic carbocycles. The van der Waals surface area contributed by atoms with Crippen molar-refractivity contribution in [1.29, 1.82) is 0 Å². The molecule has 0 bridgehead atoms. The summed E-state index contributed by atoms with van der Waals surface area (Å²) in [6.45, 7) is -2.53. The fraction of sp³-hybridized carbons (Fsp3) is 0.300. The largest absolute Gasteiger partial charge is 1.00 e. The SMILES string of the molecule is CCn1ncnc1COc1cncc([B-](F)(F)F)c1.[K+]. The summed E-state index contributed by atoms with van der Waals surface area (Å²) in [4.78, 5) is 7.48. The molecule has 0 saturated carbocycles. The number of aromatic nitrogens is 4. The monoisotopic (exact) mass is 310 g/mol. The van der Waals surface area contributed by atoms with Crippen LogP contribution in [0.4, 0.5) is 12.9 Å². The van der Waals surface area contributed by atoms with E-state index in [1.807, 2.05) is 6.92 Å². The van der Waals surface area contributed by atoms with Crippen LogP contribution in [0.3, 0.4) is 0 Å². The number of hydrogen-bond donors (Lipinski definition) is 0. The zero-order valence-electron chi connectivity index (χ0n) is 11.1. The molecule has 0 amide bonds. The molecule has 2 rings (SSSR count). The summed E-state index contributed by atoms with van der Waals surface area (Å²) in [7, 11) is 0. The maximum Gasteiger partial charge on any atom is 1.00 e. The first kappa shape index (κ1) is 17.6. The van der Waals surface area contributed by atoms with Crippen molar-refractivity contribution < 1.29 is 69.1 Å². The third-order valence-corrected chi connectivity index (χ3v) is 2.48. The molecule has 0 radical (unpaired) electrons. The van der Waals surface area contributed by atoms with Crippen molar-refractivity contribution in [2.45, 2.75) is 20.1 Å². The van der Waals surface area contributed by atoms with Crippen molar-refractivity contribution >= 4 is 12.4 Å². The van der Waals surface area contributed by atoms with Crippen LogP contribution in [0.5, 0.6) is 5.75 Å². The molecule has 10 heteroatoms. The smallest absolute Gasteiger partial charge is 0.484 e. The van der Waals surface area contributed by atoms with E-state index in [1.54, 1.807) is 4.68 Å². The Bertz CT molecular complexity index is 563. The van der Waals surface area contributed by atoms with Crippen LogP contribution in [0.2, 0.25) is 0 Å². The maximum absolute atomic E-state index is 12.5. The fourth-order valence-electron chi connectivity index (χ4n) is 1.51. The molecule has 2 heterocycles. The molecule has 0 atom stereocenters. The Labute approximate surface area is 156 Å². The van der Waals surface area contributed by atoms with Gasteiger partial charge in [-0.1, -0.05) is 5.46 Å². The van der Waals surface area contributed by atoms with E-state index in [1.165, 1.54) is 12.5 Å². The van der Waals surface area contributed by atoms with Gasteiger partial charge in [-0.2, -0.15) is 5.10 Å². The van der Waals surface area contributed by atoms with E-state index in [0.29, 0.717) is 12.4 Å². The van der Waals surface area contributed by atoms with E-state index in [2.05, 4.69) is 15.1 Å². The van der Waals surface area contributed by atoms with Gasteiger partial charge in [-0.25, -0.2) is 9.67 Å². The fourth-order valence-corrected chi connectivity index (χ4v) is 1.51. The number of halogens is 3. The van der Waals surface area contributed by atoms with E-state index in [4.69, 9.17) is 4.74 Å². The Morgan fingerprint density at radius 2 is 2.05 bits per heavy atom. The van der Waals surface area contributed by atoms with Crippen molar-refractivity contribution in [2.75, 3.05) is 0 Å². The van der Waals surface area contributed by atoms with Crippen LogP contribution in [-0.2, 0) is 13.2 Å². The van der Waals surface area contributed by atoms with E-state index < -0.39 is 12.4 Å². The Hall–Kier alpha value is -0.419. The summed E-state index contributed by atoms with van der Waals surface area (Å²) in [5.41, 5.74) is -0.783. The van der Waals surface area contributed by atoms with Crippen molar-refractivity contribution in [2.24, 2.45) is 0 Å². The number of pyridine rings is 1. The third-order valence-electron chi connectivity index (χ3n) is 2.48. The van der Waals surface area contributed by atoms with Gasteiger partial charge in [-0.05, 0) is 13.0 Å². The summed E-state index contributed by atoms with van der Waals surface area (Å²) < 4.78 is 44.5. The second kappa shape index (κ2) is 7.55. The van der Waals surface area contributed by atoms with Crippen LogP contribution < -0.4 is 61.6 Å². The molecule has 0 aromatic carbocycles. The third kappa shape index (κ3) is 4.55. The summed E-state index contributed by atoms with van der Waals surface area (Å²) in [5.74, 6) is 0.604. The molecule has 0 aliphatic rings. The summed E-state index contributed by atoms with van der Waals surface area (Å²) in [6.07, 6.45) is 3.38. The molecule has 0 N–H and O–H groups in total. The van der Waals surface area contributed by atoms with Crippen molar-refractivity contribution in [1.82, 2.24) is 19.7 Å². The molecule has 0 aliphatic heterocycles. The summed E-state index contributed by atoms with van der Waals surface area (Å²) in [6, 6.07) is 0.930. The second-order valence-electron chi connectivity index (χ2n) is 3.81. The minimum Gasteiger partial charge on any atom is -0.484 e. The van der Waals surface area contributed by atoms with Gasteiger partial charge in [0.2, 0.25) is 0 Å². The Morgan fingerprint density at radius 1 is 1.30 bits per heavy atom. The summed E-state index contributed by atoms with van der Waals surface area (Å²) in [5, 5.41) is 3.94. The van der Waals surface area contributed by atoms with Gasteiger partial charge in [-0.15, -0.1) is 0 Å². The van der Waals surface area contributed by atoms with Crippen LogP contribution in [0.15, 0.2) is 24.8 Å². The first-order valence-electron chi connectivity index (χ1n) is 5.65. The van der Waals surface area contributed by atoms with Crippen molar-refractivity contribution in [3.05, 3.63) is 30.6 Å². The zero-order valence-corrected chi connectivity index (χ0v) is 14.3. The molecule has 2 aromatic heterocycles. The quantitative estimate of drug-likeness (QED) is 0.620. The minimum absolute atomic E-state index is 0. The van der Waals surface area contributed by atoms with Gasteiger partial charge in [0.25, 0.3) is 0 Å². The topological polar surface area (TPSA) is 52.8 Å². The van der Waals surface area contributed by atoms with E-state index in [-0.39, 0.29) is 63.7 Å². The molecule has 5 nitrogen and oxygen atoms in total. The molecule has 2 aromatic rings. The van der Waals surface area contributed by atoms with Gasteiger partial charge < -0.3 is 17.7 Å². The Kier molecular flexibility index (Phi) is 6.66. The van der Waals surface area contributed by atoms with Gasteiger partial charge in [0.15, 0.2) is 5.82 Å². The van der Waals surface area contributed by atoms with E-state index >= 15 is 0 Å². The molecule has 0 saturated heterocycles. The van der Waals surface area contributed by atoms with Crippen LogP contribution in [0, 0.1) is 0 Å². The van der Waals surface area contributed by atoms with Gasteiger partial charge >= 0.3 is 58.4 Å². The van der Waals surface area contributed by atoms with Crippen LogP contribution in [0.25, 0.3) is 0 Å². The van der Waals surface area contributed by atoms with Gasteiger partial charge in [0.1, 0.15) is 18.7 Å². The number of aryl methyl sites for hydroxylation is 1. The van der Waals surface area contributed by atoms with Gasteiger partial charge in [0, 0.05) is 12.7 Å². The van der Waals surface area contributed by atoms with E-state index in [9.17, 15) is 12.9 Å². The number of hydrogen-bond acceptors (Lipinski definition) is 4. The average molecular weight is 310 g/mol. The molecule has 0 fully saturated rings. The van der Waals surface area contributed by atoms with Crippen LogP contribution in [-0.4, -0.2) is 26.7 Å². The average Bonchev–Trinajstić information content (AvgIpc) is 2.83. The standard InChI is InChI=1S/C10H11BF3N4O.K/c1-2-18-10(16-7-17-18)6-19-9-3-8(4-15-5-9)11(12,13)14;/h3-5,7H,2,6H2,1H3;/q-1;+1. The normalized spacial score (nSPS) is 11.0. The van der Waals surface area contributed by atoms with Crippen LogP contribution in [0.1, 0.15) is 12.7 Å². The molecule has 102 valence electrons. The molecular weight excluding hydrogens is 299 g/mol. The minimum atomic E-state index is -5.07. The second-order valence-corrected chi connectivity index (χ2v) is 3.81. The first-order valence-corrected chi connectivity index (χ1v) is 5.65. The predicted octanol–water partition coefficient (Wildman–Crippen LogP) is -1.67. The predicted molar refractivity (Wildman–Crippen MR) is 63.0 cm³/mol. The van der Waals surface area contributed by atoms with Crippen LogP contribution >= 0.6 is 0 Å². The van der Waals surface area contributed by atoms with Gasteiger partial charge in [-0.3, -0.25) is 4.98 Å². The van der Waals surface area contributed by atoms with E-state index in [0.717, 1.165) is 12.3 Å². The number of ether oxygens (including phenoxy) is 1. The first-order chi connectivity index (χ1) is 9.00. The maximum atomic E-state index is 12.5. The Balaban J connectivity index is 0.00000200.